The minimum atomic E-state index is -1.36. The quantitative estimate of drug-likeness (QED) is 0.464. The summed E-state index contributed by atoms with van der Waals surface area (Å²) in [4.78, 5) is 0. The molecule has 2 rings (SSSR count). The van der Waals surface area contributed by atoms with E-state index in [1.165, 1.54) is 0 Å². The first-order valence-corrected chi connectivity index (χ1v) is 4.89. The van der Waals surface area contributed by atoms with Gasteiger partial charge in [0.25, 0.3) is 0 Å². The van der Waals surface area contributed by atoms with E-state index in [1.54, 1.807) is 13.8 Å². The van der Waals surface area contributed by atoms with Crippen molar-refractivity contribution in [2.45, 2.75) is 43.7 Å². The van der Waals surface area contributed by atoms with E-state index in [0.29, 0.717) is 0 Å². The minimum absolute atomic E-state index is 0.0327. The standard InChI is InChI=1S/C9H16O6/c1-8(2)14-4-9(15-8)7(12)6(11)5(10)3-13-9/h5-7,10-12H,3-4H2,1-2H3. The van der Waals surface area contributed by atoms with Crippen LogP contribution in [0.15, 0.2) is 0 Å². The van der Waals surface area contributed by atoms with Gasteiger partial charge in [0.2, 0.25) is 5.79 Å². The Morgan fingerprint density at radius 2 is 1.80 bits per heavy atom. The third kappa shape index (κ3) is 1.77. The number of aliphatic hydroxyl groups excluding tert-OH is 3. The molecule has 0 saturated carbocycles. The van der Waals surface area contributed by atoms with Crippen molar-refractivity contribution in [1.82, 2.24) is 0 Å². The van der Waals surface area contributed by atoms with Crippen LogP contribution >= 0.6 is 0 Å². The van der Waals surface area contributed by atoms with Gasteiger partial charge in [-0.1, -0.05) is 0 Å². The van der Waals surface area contributed by atoms with Crippen LogP contribution in [0.5, 0.6) is 0 Å². The van der Waals surface area contributed by atoms with Crippen molar-refractivity contribution in [3.8, 4) is 0 Å². The molecule has 0 aromatic carbocycles. The highest BCUT2D eigenvalue weighted by Crippen LogP contribution is 2.38. The van der Waals surface area contributed by atoms with Crippen LogP contribution in [-0.4, -0.2) is 58.4 Å². The van der Waals surface area contributed by atoms with Crippen molar-refractivity contribution < 1.29 is 29.5 Å². The van der Waals surface area contributed by atoms with Crippen LogP contribution in [0.25, 0.3) is 0 Å². The van der Waals surface area contributed by atoms with E-state index in [0.717, 1.165) is 0 Å². The Morgan fingerprint density at radius 1 is 1.13 bits per heavy atom. The summed E-state index contributed by atoms with van der Waals surface area (Å²) < 4.78 is 16.0. The molecule has 0 amide bonds. The Bertz CT molecular complexity index is 255. The molecule has 0 bridgehead atoms. The molecular weight excluding hydrogens is 204 g/mol. The zero-order chi connectivity index (χ0) is 11.3. The molecule has 0 aromatic rings. The molecule has 3 N–H and O–H groups in total. The topological polar surface area (TPSA) is 88.4 Å². The SMILES string of the molecule is CC1(C)OCC2(OCC(O)C(O)C2O)O1. The molecule has 4 atom stereocenters. The van der Waals surface area contributed by atoms with Gasteiger partial charge in [-0.3, -0.25) is 0 Å². The van der Waals surface area contributed by atoms with Gasteiger partial charge in [-0.15, -0.1) is 0 Å². The first-order chi connectivity index (χ1) is 6.86. The van der Waals surface area contributed by atoms with Crippen LogP contribution in [0.1, 0.15) is 13.8 Å². The van der Waals surface area contributed by atoms with Gasteiger partial charge in [0.15, 0.2) is 5.79 Å². The van der Waals surface area contributed by atoms with Gasteiger partial charge in [-0.25, -0.2) is 0 Å². The minimum Gasteiger partial charge on any atom is -0.388 e. The maximum Gasteiger partial charge on any atom is 0.224 e. The molecule has 0 aliphatic carbocycles. The van der Waals surface area contributed by atoms with E-state index >= 15 is 0 Å². The Morgan fingerprint density at radius 3 is 2.33 bits per heavy atom. The summed E-state index contributed by atoms with van der Waals surface area (Å²) in [6.07, 6.45) is -3.70. The molecule has 2 aliphatic rings. The van der Waals surface area contributed by atoms with Crippen molar-refractivity contribution in [3.63, 3.8) is 0 Å². The summed E-state index contributed by atoms with van der Waals surface area (Å²) in [7, 11) is 0. The van der Waals surface area contributed by atoms with Gasteiger partial charge < -0.3 is 29.5 Å². The molecule has 6 nitrogen and oxygen atoms in total. The Hall–Kier alpha value is -0.240. The number of rotatable bonds is 0. The summed E-state index contributed by atoms with van der Waals surface area (Å²) in [6.45, 7) is 3.33. The van der Waals surface area contributed by atoms with Crippen LogP contribution in [0.4, 0.5) is 0 Å². The van der Waals surface area contributed by atoms with Crippen LogP contribution in [0.2, 0.25) is 0 Å². The van der Waals surface area contributed by atoms with Gasteiger partial charge in [0.1, 0.15) is 24.9 Å². The van der Waals surface area contributed by atoms with Crippen LogP contribution in [0.3, 0.4) is 0 Å². The Kier molecular flexibility index (Phi) is 2.53. The lowest BCUT2D eigenvalue weighted by Gasteiger charge is -2.41. The maximum absolute atomic E-state index is 9.79. The number of ether oxygens (including phenoxy) is 3. The molecule has 88 valence electrons. The second-order valence-electron chi connectivity index (χ2n) is 4.42. The van der Waals surface area contributed by atoms with E-state index in [-0.39, 0.29) is 13.2 Å². The fourth-order valence-corrected chi connectivity index (χ4v) is 1.85. The lowest BCUT2D eigenvalue weighted by Crippen LogP contribution is -2.62. The molecular formula is C9H16O6. The molecule has 15 heavy (non-hydrogen) atoms. The van der Waals surface area contributed by atoms with Gasteiger partial charge in [-0.05, 0) is 13.8 Å². The second-order valence-corrected chi connectivity index (χ2v) is 4.42. The monoisotopic (exact) mass is 220 g/mol. The van der Waals surface area contributed by atoms with E-state index < -0.39 is 29.9 Å². The molecule has 1 spiro atoms. The number of aliphatic hydroxyl groups is 3. The van der Waals surface area contributed by atoms with Gasteiger partial charge >= 0.3 is 0 Å². The number of hydrogen-bond donors (Lipinski definition) is 3. The summed E-state index contributed by atoms with van der Waals surface area (Å²) in [5.41, 5.74) is 0. The Balaban J connectivity index is 2.16. The van der Waals surface area contributed by atoms with Crippen molar-refractivity contribution in [1.29, 1.82) is 0 Å². The fraction of sp³-hybridized carbons (Fsp3) is 1.00. The smallest absolute Gasteiger partial charge is 0.224 e. The van der Waals surface area contributed by atoms with Crippen LogP contribution in [0, 0.1) is 0 Å². The highest BCUT2D eigenvalue weighted by Gasteiger charge is 2.57. The predicted octanol–water partition coefficient (Wildman–Crippen LogP) is -1.42. The Labute approximate surface area is 87.4 Å². The average molecular weight is 220 g/mol. The zero-order valence-corrected chi connectivity index (χ0v) is 8.71. The molecule has 4 unspecified atom stereocenters. The normalized spacial score (nSPS) is 49.8. The van der Waals surface area contributed by atoms with E-state index in [2.05, 4.69) is 0 Å². The largest absolute Gasteiger partial charge is 0.388 e. The first-order valence-electron chi connectivity index (χ1n) is 4.89. The second kappa shape index (κ2) is 3.38. The third-order valence-corrected chi connectivity index (χ3v) is 2.71. The maximum atomic E-state index is 9.79. The summed E-state index contributed by atoms with van der Waals surface area (Å²) in [5, 5.41) is 28.6. The van der Waals surface area contributed by atoms with Crippen LogP contribution in [-0.2, 0) is 14.2 Å². The zero-order valence-electron chi connectivity index (χ0n) is 8.71. The average Bonchev–Trinajstić information content (AvgIpc) is 2.47. The number of hydrogen-bond acceptors (Lipinski definition) is 6. The van der Waals surface area contributed by atoms with Crippen molar-refractivity contribution in [3.05, 3.63) is 0 Å². The third-order valence-electron chi connectivity index (χ3n) is 2.71. The van der Waals surface area contributed by atoms with E-state index in [9.17, 15) is 15.3 Å². The first kappa shape index (κ1) is 11.3. The molecule has 2 aliphatic heterocycles. The summed E-state index contributed by atoms with van der Waals surface area (Å²) in [6, 6.07) is 0. The van der Waals surface area contributed by atoms with Crippen molar-refractivity contribution in [2.75, 3.05) is 13.2 Å². The fourth-order valence-electron chi connectivity index (χ4n) is 1.85. The molecule has 2 fully saturated rings. The van der Waals surface area contributed by atoms with Crippen molar-refractivity contribution in [2.24, 2.45) is 0 Å². The summed E-state index contributed by atoms with van der Waals surface area (Å²) in [5.74, 6) is -2.22. The van der Waals surface area contributed by atoms with Crippen LogP contribution < -0.4 is 0 Å². The highest BCUT2D eigenvalue weighted by atomic mass is 16.8. The molecule has 2 saturated heterocycles. The van der Waals surface area contributed by atoms with E-state index in [1.807, 2.05) is 0 Å². The van der Waals surface area contributed by atoms with E-state index in [4.69, 9.17) is 14.2 Å². The molecule has 6 heteroatoms. The molecule has 2 heterocycles. The molecule has 0 aromatic heterocycles. The summed E-state index contributed by atoms with van der Waals surface area (Å²) >= 11 is 0. The van der Waals surface area contributed by atoms with Gasteiger partial charge in [0, 0.05) is 0 Å². The van der Waals surface area contributed by atoms with Crippen molar-refractivity contribution >= 4 is 0 Å². The lowest BCUT2D eigenvalue weighted by atomic mass is 9.97. The highest BCUT2D eigenvalue weighted by molar-refractivity contribution is 4.96. The molecule has 0 radical (unpaired) electrons. The lowest BCUT2D eigenvalue weighted by molar-refractivity contribution is -0.337. The van der Waals surface area contributed by atoms with Gasteiger partial charge in [-0.2, -0.15) is 0 Å². The predicted molar refractivity (Wildman–Crippen MR) is 47.8 cm³/mol. The van der Waals surface area contributed by atoms with Gasteiger partial charge in [0.05, 0.1) is 6.61 Å².